The van der Waals surface area contributed by atoms with E-state index in [0.29, 0.717) is 46.7 Å². The number of amides is 8. The Morgan fingerprint density at radius 1 is 0.836 bits per heavy atom. The Balaban J connectivity index is 1.10. The van der Waals surface area contributed by atoms with E-state index in [1.165, 1.54) is 16.8 Å². The van der Waals surface area contributed by atoms with Gasteiger partial charge in [-0.2, -0.15) is 18.3 Å². The summed E-state index contributed by atoms with van der Waals surface area (Å²) in [6.07, 6.45) is -0.947. The van der Waals surface area contributed by atoms with E-state index in [9.17, 15) is 46.7 Å². The van der Waals surface area contributed by atoms with Gasteiger partial charge in [-0.15, -0.1) is 0 Å². The van der Waals surface area contributed by atoms with Crippen molar-refractivity contribution in [3.63, 3.8) is 0 Å². The zero-order valence-electron chi connectivity index (χ0n) is 37.0. The second-order valence-corrected chi connectivity index (χ2v) is 16.8. The summed E-state index contributed by atoms with van der Waals surface area (Å²) in [5.41, 5.74) is 7.24. The molecule has 2 atom stereocenters. The molecule has 4 aromatic rings. The number of primary amides is 1. The molecule has 356 valence electrons. The number of imide groups is 1. The van der Waals surface area contributed by atoms with Crippen molar-refractivity contribution in [1.82, 2.24) is 35.4 Å². The van der Waals surface area contributed by atoms with Crippen LogP contribution in [0, 0.1) is 12.8 Å². The predicted octanol–water partition coefficient (Wildman–Crippen LogP) is 6.30. The number of hydrogen-bond donors (Lipinski definition) is 6. The Hall–Kier alpha value is -7.16. The molecule has 17 nitrogen and oxygen atoms in total. The molecule has 21 heteroatoms. The number of carbonyl (C=O) groups is 7. The minimum absolute atomic E-state index is 0.102. The molecule has 1 aliphatic rings. The molecule has 0 saturated carbocycles. The van der Waals surface area contributed by atoms with Gasteiger partial charge in [0.25, 0.3) is 11.8 Å². The number of aryl methyl sites for hydroxylation is 1. The van der Waals surface area contributed by atoms with E-state index in [1.54, 1.807) is 86.6 Å². The normalized spacial score (nSPS) is 13.3. The van der Waals surface area contributed by atoms with Crippen molar-refractivity contribution in [2.45, 2.75) is 89.1 Å². The molecular weight excluding hydrogens is 896 g/mol. The number of anilines is 1. The van der Waals surface area contributed by atoms with Crippen LogP contribution in [-0.2, 0) is 41.5 Å². The predicted molar refractivity (Wildman–Crippen MR) is 243 cm³/mol. The number of hydrogen-bond acceptors (Lipinski definition) is 10. The van der Waals surface area contributed by atoms with Gasteiger partial charge in [-0.25, -0.2) is 14.3 Å². The highest BCUT2D eigenvalue weighted by atomic mass is 32.2. The maximum atomic E-state index is 13.6. The molecule has 1 aromatic heterocycles. The summed E-state index contributed by atoms with van der Waals surface area (Å²) in [6, 6.07) is 18.1. The van der Waals surface area contributed by atoms with E-state index < -0.39 is 47.9 Å². The molecule has 0 fully saturated rings. The van der Waals surface area contributed by atoms with Crippen molar-refractivity contribution in [2.24, 2.45) is 11.7 Å². The largest absolute Gasteiger partial charge is 0.444 e. The first-order valence-corrected chi connectivity index (χ1v) is 22.2. The van der Waals surface area contributed by atoms with Gasteiger partial charge in [0.1, 0.15) is 18.7 Å². The van der Waals surface area contributed by atoms with Gasteiger partial charge in [-0.1, -0.05) is 62.2 Å². The molecule has 3 aromatic carbocycles. The lowest BCUT2D eigenvalue weighted by atomic mass is 10.0. The molecule has 8 amide bonds. The first-order chi connectivity index (χ1) is 31.9. The van der Waals surface area contributed by atoms with E-state index in [2.05, 4.69) is 31.1 Å². The minimum Gasteiger partial charge on any atom is -0.444 e. The average molecular weight is 948 g/mol. The second kappa shape index (κ2) is 23.9. The number of alkyl halides is 3. The fourth-order valence-corrected chi connectivity index (χ4v) is 7.24. The van der Waals surface area contributed by atoms with Gasteiger partial charge in [-0.05, 0) is 98.5 Å². The van der Waals surface area contributed by atoms with Crippen LogP contribution in [-0.4, -0.2) is 81.5 Å². The van der Waals surface area contributed by atoms with Crippen LogP contribution in [0.15, 0.2) is 95.9 Å². The lowest BCUT2D eigenvalue weighted by molar-refractivity contribution is -0.141. The summed E-state index contributed by atoms with van der Waals surface area (Å²) in [7, 11) is 0. The van der Waals surface area contributed by atoms with Gasteiger partial charge in [0.2, 0.25) is 17.7 Å². The summed E-state index contributed by atoms with van der Waals surface area (Å²) in [4.78, 5) is 88.8. The van der Waals surface area contributed by atoms with Crippen molar-refractivity contribution in [1.29, 1.82) is 0 Å². The fraction of sp³-hybridized carbons (Fsp3) is 0.348. The SMILES string of the molecule is Cc1ccc(-c2cc(C(F)(F)F)nn2-c2ccc(SNC(=O)OCc3ccc(NC(=O)C(CCCNC(N)=O)NC(=O)[C@@H](NC(=O)CCCCCN4C(=O)C=CC4=O)C(C)C)cc3)cc2)cc1. The van der Waals surface area contributed by atoms with Crippen molar-refractivity contribution in [3.8, 4) is 16.9 Å². The summed E-state index contributed by atoms with van der Waals surface area (Å²) in [5.74, 6) is -2.62. The average Bonchev–Trinajstić information content (AvgIpc) is 3.88. The van der Waals surface area contributed by atoms with Crippen LogP contribution in [0.5, 0.6) is 0 Å². The molecule has 7 N–H and O–H groups in total. The number of urea groups is 1. The number of nitrogens with two attached hydrogens (primary N) is 1. The lowest BCUT2D eigenvalue weighted by Gasteiger charge is -2.25. The molecular formula is C46H52F3N9O8S. The van der Waals surface area contributed by atoms with Crippen LogP contribution in [0.3, 0.4) is 0 Å². The quantitative estimate of drug-likeness (QED) is 0.0292. The highest BCUT2D eigenvalue weighted by Crippen LogP contribution is 2.33. The molecule has 1 unspecified atom stereocenters. The van der Waals surface area contributed by atoms with Gasteiger partial charge in [0, 0.05) is 47.8 Å². The number of halogens is 3. The summed E-state index contributed by atoms with van der Waals surface area (Å²) >= 11 is 0.938. The second-order valence-electron chi connectivity index (χ2n) is 15.9. The first kappa shape index (κ1) is 50.8. The van der Waals surface area contributed by atoms with Gasteiger partial charge < -0.3 is 31.7 Å². The van der Waals surface area contributed by atoms with Gasteiger partial charge in [-0.3, -0.25) is 33.6 Å². The topological polar surface area (TPSA) is 236 Å². The Morgan fingerprint density at radius 3 is 2.13 bits per heavy atom. The number of carbonyl (C=O) groups excluding carboxylic acids is 7. The monoisotopic (exact) mass is 947 g/mol. The van der Waals surface area contributed by atoms with E-state index in [0.717, 1.165) is 28.5 Å². The van der Waals surface area contributed by atoms with E-state index in [4.69, 9.17) is 10.5 Å². The van der Waals surface area contributed by atoms with E-state index >= 15 is 0 Å². The standard InChI is InChI=1S/C46H52F3N9O8S/c1-28(2)41(54-38(59)9-5-4-6-25-57-39(60)22-23-40(57)61)43(63)53-35(8-7-24-51-44(50)64)42(62)52-32-16-12-30(13-17-32)27-66-45(65)56-67-34-20-18-33(19-21-34)58-36(26-37(55-58)46(47,48)49)31-14-10-29(3)11-15-31/h10-23,26,28,35,41H,4-9,24-25,27H2,1-3H3,(H,52,62)(H,53,63)(H,54,59)(H,56,65)(H3,50,51,64)/t35?,41-/m0/s1. The minimum atomic E-state index is -4.64. The molecule has 0 radical (unpaired) electrons. The number of nitrogens with one attached hydrogen (secondary N) is 5. The molecule has 0 bridgehead atoms. The van der Waals surface area contributed by atoms with Crippen LogP contribution in [0.1, 0.15) is 69.2 Å². The van der Waals surface area contributed by atoms with Crippen molar-refractivity contribution >= 4 is 59.3 Å². The molecule has 1 aliphatic heterocycles. The Labute approximate surface area is 388 Å². The molecule has 0 spiro atoms. The van der Waals surface area contributed by atoms with Gasteiger partial charge >= 0.3 is 18.3 Å². The summed E-state index contributed by atoms with van der Waals surface area (Å²) in [5, 5.41) is 14.5. The third-order valence-corrected chi connectivity index (χ3v) is 11.1. The smallest absolute Gasteiger partial charge is 0.435 e. The highest BCUT2D eigenvalue weighted by Gasteiger charge is 2.35. The number of benzene rings is 3. The lowest BCUT2D eigenvalue weighted by Crippen LogP contribution is -2.54. The van der Waals surface area contributed by atoms with Crippen molar-refractivity contribution in [3.05, 3.63) is 108 Å². The number of rotatable bonds is 22. The van der Waals surface area contributed by atoms with Crippen LogP contribution in [0.4, 0.5) is 28.4 Å². The van der Waals surface area contributed by atoms with Crippen LogP contribution in [0.25, 0.3) is 16.9 Å². The fourth-order valence-electron chi connectivity index (χ4n) is 6.71. The Kier molecular flexibility index (Phi) is 18.1. The van der Waals surface area contributed by atoms with Gasteiger partial charge in [0.05, 0.1) is 11.4 Å². The summed E-state index contributed by atoms with van der Waals surface area (Å²) < 4.78 is 50.0. The third kappa shape index (κ3) is 15.5. The molecule has 0 aliphatic carbocycles. The number of aromatic nitrogens is 2. The number of nitrogens with zero attached hydrogens (tertiary/aromatic N) is 3. The Bertz CT molecular complexity index is 2410. The molecule has 2 heterocycles. The van der Waals surface area contributed by atoms with E-state index in [1.807, 2.05) is 6.92 Å². The highest BCUT2D eigenvalue weighted by molar-refractivity contribution is 7.98. The maximum Gasteiger partial charge on any atom is 0.435 e. The zero-order chi connectivity index (χ0) is 48.7. The van der Waals surface area contributed by atoms with Crippen LogP contribution < -0.4 is 31.7 Å². The summed E-state index contributed by atoms with van der Waals surface area (Å²) in [6.45, 7) is 5.62. The zero-order valence-corrected chi connectivity index (χ0v) is 37.8. The number of unbranched alkanes of at least 4 members (excludes halogenated alkanes) is 2. The molecule has 0 saturated heterocycles. The van der Waals surface area contributed by atoms with Crippen molar-refractivity contribution in [2.75, 3.05) is 18.4 Å². The van der Waals surface area contributed by atoms with Gasteiger partial charge in [0.15, 0.2) is 5.69 Å². The van der Waals surface area contributed by atoms with Crippen LogP contribution in [0.2, 0.25) is 0 Å². The van der Waals surface area contributed by atoms with E-state index in [-0.39, 0.29) is 68.3 Å². The van der Waals surface area contributed by atoms with Crippen molar-refractivity contribution < 1.29 is 51.5 Å². The molecule has 5 rings (SSSR count). The van der Waals surface area contributed by atoms with Crippen LogP contribution >= 0.6 is 11.9 Å². The Morgan fingerprint density at radius 2 is 1.51 bits per heavy atom. The molecule has 67 heavy (non-hydrogen) atoms. The first-order valence-electron chi connectivity index (χ1n) is 21.4. The maximum absolute atomic E-state index is 13.6. The number of ether oxygens (including phenoxy) is 1. The third-order valence-electron chi connectivity index (χ3n) is 10.3.